The number of cyclic esters (lactones) is 1. The largest absolute Gasteiger partial charge is 0.465 e. The van der Waals surface area contributed by atoms with E-state index in [2.05, 4.69) is 21.2 Å². The monoisotopic (exact) mass is 560 g/mol. The Bertz CT molecular complexity index is 1200. The number of carbonyl (C=O) groups excluding carboxylic acids is 3. The first kappa shape index (κ1) is 25.8. The topological polar surface area (TPSA) is 134 Å². The van der Waals surface area contributed by atoms with Crippen molar-refractivity contribution in [1.29, 1.82) is 0 Å². The highest BCUT2D eigenvalue weighted by atomic mass is 79.9. The minimum absolute atomic E-state index is 0.0374. The van der Waals surface area contributed by atoms with Crippen LogP contribution in [0.25, 0.3) is 0 Å². The first-order valence-corrected chi connectivity index (χ1v) is 12.3. The molecule has 1 N–H and O–H groups in total. The SMILES string of the molecule is CCOC(=O)C1(C(=O)OCC)C(c2cccc(Br)c2)[C@@]2(CCOC2=O)N[C@@H]1c1cccc([N+](=O)[O-])c1. The summed E-state index contributed by atoms with van der Waals surface area (Å²) in [6.07, 6.45) is 0.162. The summed E-state index contributed by atoms with van der Waals surface area (Å²) >= 11 is 3.44. The minimum atomic E-state index is -2.09. The zero-order chi connectivity index (χ0) is 26.1. The summed E-state index contributed by atoms with van der Waals surface area (Å²) in [7, 11) is 0. The van der Waals surface area contributed by atoms with Crippen molar-refractivity contribution in [1.82, 2.24) is 5.32 Å². The minimum Gasteiger partial charge on any atom is -0.465 e. The fourth-order valence-corrected chi connectivity index (χ4v) is 5.81. The summed E-state index contributed by atoms with van der Waals surface area (Å²) in [4.78, 5) is 52.2. The van der Waals surface area contributed by atoms with E-state index >= 15 is 0 Å². The highest BCUT2D eigenvalue weighted by molar-refractivity contribution is 9.10. The predicted octanol–water partition coefficient (Wildman–Crippen LogP) is 3.58. The lowest BCUT2D eigenvalue weighted by molar-refractivity contribution is -0.385. The predicted molar refractivity (Wildman–Crippen MR) is 130 cm³/mol. The van der Waals surface area contributed by atoms with Crippen LogP contribution in [0.4, 0.5) is 5.69 Å². The molecule has 0 amide bonds. The van der Waals surface area contributed by atoms with Gasteiger partial charge in [0.2, 0.25) is 0 Å². The molecule has 2 aliphatic rings. The Hall–Kier alpha value is -3.31. The van der Waals surface area contributed by atoms with Gasteiger partial charge in [0.15, 0.2) is 5.41 Å². The standard InChI is InChI=1S/C25H25BrN2O8/c1-3-34-22(30)25(23(31)35-4-2)19(15-7-5-9-17(26)13-15)24(11-12-36-21(24)29)27-20(25)16-8-6-10-18(14-16)28(32)33/h5-10,13-14,19-20,27H,3-4,11-12H2,1-2H3/t19?,20-,24-/m1/s1. The first-order valence-electron chi connectivity index (χ1n) is 11.5. The third-order valence-electron chi connectivity index (χ3n) is 6.72. The lowest BCUT2D eigenvalue weighted by Crippen LogP contribution is -2.52. The van der Waals surface area contributed by atoms with E-state index in [1.807, 2.05) is 0 Å². The van der Waals surface area contributed by atoms with Gasteiger partial charge in [-0.3, -0.25) is 29.8 Å². The highest BCUT2D eigenvalue weighted by Crippen LogP contribution is 2.61. The maximum Gasteiger partial charge on any atom is 0.327 e. The van der Waals surface area contributed by atoms with E-state index in [-0.39, 0.29) is 37.5 Å². The molecule has 11 heteroatoms. The molecule has 4 rings (SSSR count). The lowest BCUT2D eigenvalue weighted by atomic mass is 9.62. The highest BCUT2D eigenvalue weighted by Gasteiger charge is 2.75. The van der Waals surface area contributed by atoms with Crippen LogP contribution in [0, 0.1) is 15.5 Å². The molecule has 0 radical (unpaired) electrons. The van der Waals surface area contributed by atoms with Crippen LogP contribution >= 0.6 is 15.9 Å². The third-order valence-corrected chi connectivity index (χ3v) is 7.22. The normalized spacial score (nSPS) is 24.4. The van der Waals surface area contributed by atoms with Crippen molar-refractivity contribution in [3.8, 4) is 0 Å². The zero-order valence-corrected chi connectivity index (χ0v) is 21.3. The van der Waals surface area contributed by atoms with E-state index < -0.39 is 45.7 Å². The second kappa shape index (κ2) is 9.98. The van der Waals surface area contributed by atoms with E-state index in [1.54, 1.807) is 44.2 Å². The van der Waals surface area contributed by atoms with Crippen molar-refractivity contribution in [3.05, 3.63) is 74.2 Å². The molecule has 0 aliphatic carbocycles. The number of rotatable bonds is 7. The van der Waals surface area contributed by atoms with Crippen LogP contribution in [0.1, 0.15) is 43.4 Å². The molecule has 190 valence electrons. The number of non-ortho nitro benzene ring substituents is 1. The fourth-order valence-electron chi connectivity index (χ4n) is 5.39. The molecule has 2 aromatic rings. The van der Waals surface area contributed by atoms with Crippen LogP contribution in [0.15, 0.2) is 53.0 Å². The molecule has 2 saturated heterocycles. The number of nitro groups is 1. The van der Waals surface area contributed by atoms with Gasteiger partial charge in [0.25, 0.3) is 5.69 Å². The molecular formula is C25H25BrN2O8. The van der Waals surface area contributed by atoms with Gasteiger partial charge in [0.05, 0.1) is 30.8 Å². The lowest BCUT2D eigenvalue weighted by Gasteiger charge is -2.37. The van der Waals surface area contributed by atoms with Crippen molar-refractivity contribution in [2.45, 2.75) is 37.8 Å². The van der Waals surface area contributed by atoms with E-state index in [0.717, 1.165) is 0 Å². The van der Waals surface area contributed by atoms with E-state index in [0.29, 0.717) is 10.0 Å². The fraction of sp³-hybridized carbons (Fsp3) is 0.400. The molecule has 1 spiro atoms. The maximum absolute atomic E-state index is 13.9. The smallest absolute Gasteiger partial charge is 0.327 e. The van der Waals surface area contributed by atoms with Gasteiger partial charge >= 0.3 is 17.9 Å². The van der Waals surface area contributed by atoms with E-state index in [1.165, 1.54) is 18.2 Å². The Morgan fingerprint density at radius 1 is 1.11 bits per heavy atom. The summed E-state index contributed by atoms with van der Waals surface area (Å²) in [5, 5.41) is 14.8. The molecule has 10 nitrogen and oxygen atoms in total. The molecule has 0 aromatic heterocycles. The number of esters is 3. The van der Waals surface area contributed by atoms with Gasteiger partial charge in [-0.1, -0.05) is 40.2 Å². The summed E-state index contributed by atoms with van der Waals surface area (Å²) < 4.78 is 17.0. The quantitative estimate of drug-likeness (QED) is 0.177. The van der Waals surface area contributed by atoms with Crippen molar-refractivity contribution >= 4 is 39.5 Å². The Morgan fingerprint density at radius 2 is 1.75 bits per heavy atom. The molecular weight excluding hydrogens is 536 g/mol. The van der Waals surface area contributed by atoms with Gasteiger partial charge in [-0.05, 0) is 37.1 Å². The van der Waals surface area contributed by atoms with Gasteiger partial charge in [-0.25, -0.2) is 0 Å². The average Bonchev–Trinajstić information content (AvgIpc) is 3.37. The molecule has 2 fully saturated rings. The number of carbonyl (C=O) groups is 3. The van der Waals surface area contributed by atoms with Gasteiger partial charge in [0.1, 0.15) is 5.54 Å². The molecule has 1 unspecified atom stereocenters. The second-order valence-corrected chi connectivity index (χ2v) is 9.50. The first-order chi connectivity index (χ1) is 17.2. The molecule has 2 aliphatic heterocycles. The number of nitrogens with zero attached hydrogens (tertiary/aromatic N) is 1. The van der Waals surface area contributed by atoms with Gasteiger partial charge in [-0.2, -0.15) is 0 Å². The number of ether oxygens (including phenoxy) is 3. The number of hydrogen-bond donors (Lipinski definition) is 1. The van der Waals surface area contributed by atoms with Crippen molar-refractivity contribution in [3.63, 3.8) is 0 Å². The molecule has 0 bridgehead atoms. The third kappa shape index (κ3) is 3.96. The maximum atomic E-state index is 13.9. The average molecular weight is 561 g/mol. The second-order valence-electron chi connectivity index (χ2n) is 8.58. The Labute approximate surface area is 215 Å². The van der Waals surface area contributed by atoms with E-state index in [9.17, 15) is 24.5 Å². The van der Waals surface area contributed by atoms with Crippen LogP contribution in [-0.4, -0.2) is 48.2 Å². The number of hydrogen-bond acceptors (Lipinski definition) is 9. The van der Waals surface area contributed by atoms with Crippen LogP contribution in [0.2, 0.25) is 0 Å². The molecule has 2 heterocycles. The molecule has 3 atom stereocenters. The summed E-state index contributed by atoms with van der Waals surface area (Å²) in [6.45, 7) is 3.21. The summed E-state index contributed by atoms with van der Waals surface area (Å²) in [6, 6.07) is 11.4. The van der Waals surface area contributed by atoms with Crippen LogP contribution in [0.5, 0.6) is 0 Å². The number of halogens is 1. The van der Waals surface area contributed by atoms with Crippen molar-refractivity contribution in [2.24, 2.45) is 5.41 Å². The molecule has 36 heavy (non-hydrogen) atoms. The Balaban J connectivity index is 2.08. The van der Waals surface area contributed by atoms with Crippen LogP contribution < -0.4 is 5.32 Å². The van der Waals surface area contributed by atoms with Crippen LogP contribution in [-0.2, 0) is 28.6 Å². The molecule has 0 saturated carbocycles. The van der Waals surface area contributed by atoms with Crippen LogP contribution in [0.3, 0.4) is 0 Å². The van der Waals surface area contributed by atoms with Gasteiger partial charge in [0, 0.05) is 28.9 Å². The Morgan fingerprint density at radius 3 is 2.31 bits per heavy atom. The van der Waals surface area contributed by atoms with Crippen molar-refractivity contribution < 1.29 is 33.5 Å². The summed E-state index contributed by atoms with van der Waals surface area (Å²) in [5.74, 6) is -3.51. The van der Waals surface area contributed by atoms with Gasteiger partial charge in [-0.15, -0.1) is 0 Å². The van der Waals surface area contributed by atoms with Crippen molar-refractivity contribution in [2.75, 3.05) is 19.8 Å². The summed E-state index contributed by atoms with van der Waals surface area (Å²) in [5.41, 5.74) is -3.04. The Kier molecular flexibility index (Phi) is 7.14. The number of nitrogens with one attached hydrogen (secondary N) is 1. The zero-order valence-electron chi connectivity index (χ0n) is 19.7. The van der Waals surface area contributed by atoms with E-state index in [4.69, 9.17) is 14.2 Å². The molecule has 2 aromatic carbocycles. The number of benzene rings is 2. The van der Waals surface area contributed by atoms with Gasteiger partial charge < -0.3 is 14.2 Å². The number of nitro benzene ring substituents is 1.